The first-order chi connectivity index (χ1) is 12.1. The Balaban J connectivity index is 2.15. The Morgan fingerprint density at radius 3 is 2.76 bits per heavy atom. The molecule has 1 amide bonds. The van der Waals surface area contributed by atoms with Crippen molar-refractivity contribution >= 4 is 11.9 Å². The summed E-state index contributed by atoms with van der Waals surface area (Å²) in [5.41, 5.74) is 2.15. The highest BCUT2D eigenvalue weighted by atomic mass is 16.5. The van der Waals surface area contributed by atoms with Crippen LogP contribution in [0.1, 0.15) is 28.4 Å². The van der Waals surface area contributed by atoms with E-state index in [0.717, 1.165) is 24.1 Å². The van der Waals surface area contributed by atoms with Crippen LogP contribution >= 0.6 is 0 Å². The minimum atomic E-state index is -0.426. The van der Waals surface area contributed by atoms with E-state index in [-0.39, 0.29) is 5.91 Å². The lowest BCUT2D eigenvalue weighted by atomic mass is 10.0. The first kappa shape index (κ1) is 18.7. The van der Waals surface area contributed by atoms with Gasteiger partial charge in [0.15, 0.2) is 0 Å². The maximum atomic E-state index is 12.9. The topological polar surface area (TPSA) is 58.6 Å². The van der Waals surface area contributed by atoms with E-state index < -0.39 is 12.0 Å². The normalized spacial score (nSPS) is 18.0. The summed E-state index contributed by atoms with van der Waals surface area (Å²) in [5.74, 6) is -0.380. The first-order valence-electron chi connectivity index (χ1n) is 8.24. The van der Waals surface area contributed by atoms with Gasteiger partial charge >= 0.3 is 5.97 Å². The summed E-state index contributed by atoms with van der Waals surface area (Å²) in [4.78, 5) is 26.3. The van der Waals surface area contributed by atoms with E-state index in [0.29, 0.717) is 18.7 Å². The number of esters is 1. The van der Waals surface area contributed by atoms with Crippen LogP contribution in [0.25, 0.3) is 0 Å². The van der Waals surface area contributed by atoms with Gasteiger partial charge in [-0.05, 0) is 36.2 Å². The second-order valence-electron chi connectivity index (χ2n) is 5.87. The average molecular weight is 340 g/mol. The Bertz CT molecular complexity index is 677. The molecular formula is C20H24N2O3. The van der Waals surface area contributed by atoms with Crippen LogP contribution in [-0.4, -0.2) is 43.5 Å². The third-order valence-corrected chi connectivity index (χ3v) is 4.04. The fraction of sp³-hybridized carbons (Fsp3) is 0.300. The molecule has 5 heteroatoms. The highest BCUT2D eigenvalue weighted by Gasteiger charge is 2.28. The molecule has 1 saturated heterocycles. The predicted octanol–water partition coefficient (Wildman–Crippen LogP) is 2.63. The van der Waals surface area contributed by atoms with Gasteiger partial charge in [0.2, 0.25) is 5.91 Å². The van der Waals surface area contributed by atoms with Crippen LogP contribution in [0.4, 0.5) is 0 Å². The SMILES string of the molecule is C=C/C=C\C(=C)CN1CCCNC(c2ccc(C(=O)OC)cc2)C1=O. The number of rotatable bonds is 6. The van der Waals surface area contributed by atoms with Crippen molar-refractivity contribution in [1.29, 1.82) is 0 Å². The number of methoxy groups -OCH3 is 1. The van der Waals surface area contributed by atoms with Crippen molar-refractivity contribution in [2.75, 3.05) is 26.7 Å². The van der Waals surface area contributed by atoms with Gasteiger partial charge in [-0.1, -0.05) is 43.5 Å². The van der Waals surface area contributed by atoms with E-state index in [1.165, 1.54) is 7.11 Å². The maximum Gasteiger partial charge on any atom is 0.337 e. The molecule has 2 rings (SSSR count). The molecule has 1 aromatic carbocycles. The molecule has 0 spiro atoms. The Kier molecular flexibility index (Phi) is 6.71. The van der Waals surface area contributed by atoms with E-state index in [4.69, 9.17) is 4.74 Å². The van der Waals surface area contributed by atoms with Crippen molar-refractivity contribution in [2.24, 2.45) is 0 Å². The third kappa shape index (κ3) is 4.90. The van der Waals surface area contributed by atoms with Crippen molar-refractivity contribution in [3.05, 3.63) is 72.4 Å². The maximum absolute atomic E-state index is 12.9. The highest BCUT2D eigenvalue weighted by molar-refractivity contribution is 5.90. The molecule has 0 bridgehead atoms. The number of hydrogen-bond acceptors (Lipinski definition) is 4. The number of carbonyl (C=O) groups is 2. The highest BCUT2D eigenvalue weighted by Crippen LogP contribution is 2.20. The largest absolute Gasteiger partial charge is 0.465 e. The molecule has 5 nitrogen and oxygen atoms in total. The summed E-state index contributed by atoms with van der Waals surface area (Å²) in [6, 6.07) is 6.51. The summed E-state index contributed by atoms with van der Waals surface area (Å²) < 4.78 is 4.70. The van der Waals surface area contributed by atoms with Crippen LogP contribution in [0.5, 0.6) is 0 Å². The summed E-state index contributed by atoms with van der Waals surface area (Å²) in [7, 11) is 1.35. The summed E-state index contributed by atoms with van der Waals surface area (Å²) in [6.45, 7) is 9.55. The van der Waals surface area contributed by atoms with E-state index in [1.807, 2.05) is 17.1 Å². The van der Waals surface area contributed by atoms with Gasteiger partial charge in [-0.15, -0.1) is 0 Å². The molecule has 1 aliphatic heterocycles. The molecule has 132 valence electrons. The first-order valence-corrected chi connectivity index (χ1v) is 8.24. The molecule has 25 heavy (non-hydrogen) atoms. The number of allylic oxidation sites excluding steroid dienone is 2. The van der Waals surface area contributed by atoms with Gasteiger partial charge in [0.25, 0.3) is 0 Å². The summed E-state index contributed by atoms with van der Waals surface area (Å²) in [6.07, 6.45) is 6.23. The Labute approximate surface area is 148 Å². The third-order valence-electron chi connectivity index (χ3n) is 4.04. The van der Waals surface area contributed by atoms with Gasteiger partial charge < -0.3 is 15.0 Å². The van der Waals surface area contributed by atoms with Crippen molar-refractivity contribution in [3.63, 3.8) is 0 Å². The number of benzene rings is 1. The van der Waals surface area contributed by atoms with Gasteiger partial charge in [0.1, 0.15) is 6.04 Å². The van der Waals surface area contributed by atoms with E-state index >= 15 is 0 Å². The number of carbonyl (C=O) groups excluding carboxylic acids is 2. The smallest absolute Gasteiger partial charge is 0.337 e. The lowest BCUT2D eigenvalue weighted by Gasteiger charge is -2.25. The minimum Gasteiger partial charge on any atom is -0.465 e. The van der Waals surface area contributed by atoms with Gasteiger partial charge in [-0.3, -0.25) is 4.79 Å². The monoisotopic (exact) mass is 340 g/mol. The van der Waals surface area contributed by atoms with Crippen molar-refractivity contribution in [3.8, 4) is 0 Å². The molecule has 0 radical (unpaired) electrons. The second kappa shape index (κ2) is 8.99. The molecule has 1 atom stereocenters. The zero-order valence-corrected chi connectivity index (χ0v) is 14.5. The summed E-state index contributed by atoms with van der Waals surface area (Å²) >= 11 is 0. The standard InChI is InChI=1S/C20H24N2O3/c1-4-5-7-15(2)14-22-13-6-12-21-18(19(22)23)16-8-10-17(11-9-16)20(24)25-3/h4-5,7-11,18,21H,1-2,6,12-14H2,3H3/b7-5-. The average Bonchev–Trinajstić information content (AvgIpc) is 2.81. The Morgan fingerprint density at radius 2 is 2.12 bits per heavy atom. The zero-order valence-electron chi connectivity index (χ0n) is 14.5. The molecule has 1 aliphatic rings. The van der Waals surface area contributed by atoms with E-state index in [1.54, 1.807) is 30.3 Å². The van der Waals surface area contributed by atoms with Crippen molar-refractivity contribution in [2.45, 2.75) is 12.5 Å². The van der Waals surface area contributed by atoms with E-state index in [9.17, 15) is 9.59 Å². The van der Waals surface area contributed by atoms with Gasteiger partial charge in [0, 0.05) is 13.1 Å². The zero-order chi connectivity index (χ0) is 18.2. The van der Waals surface area contributed by atoms with Gasteiger partial charge in [-0.25, -0.2) is 4.79 Å². The molecule has 0 saturated carbocycles. The molecule has 1 heterocycles. The quantitative estimate of drug-likeness (QED) is 0.639. The van der Waals surface area contributed by atoms with Crippen molar-refractivity contribution < 1.29 is 14.3 Å². The number of amides is 1. The molecule has 1 unspecified atom stereocenters. The number of hydrogen-bond donors (Lipinski definition) is 1. The van der Waals surface area contributed by atoms with Crippen LogP contribution in [-0.2, 0) is 9.53 Å². The van der Waals surface area contributed by atoms with E-state index in [2.05, 4.69) is 18.5 Å². The van der Waals surface area contributed by atoms with Crippen LogP contribution in [0.2, 0.25) is 0 Å². The van der Waals surface area contributed by atoms with Crippen LogP contribution in [0.15, 0.2) is 61.2 Å². The molecule has 1 aromatic rings. The number of nitrogens with zero attached hydrogens (tertiary/aromatic N) is 1. The molecule has 1 N–H and O–H groups in total. The van der Waals surface area contributed by atoms with Gasteiger partial charge in [-0.2, -0.15) is 0 Å². The Hall–Kier alpha value is -2.66. The second-order valence-corrected chi connectivity index (χ2v) is 5.87. The Morgan fingerprint density at radius 1 is 1.40 bits per heavy atom. The molecule has 0 aromatic heterocycles. The summed E-state index contributed by atoms with van der Waals surface area (Å²) in [5, 5.41) is 3.29. The molecular weight excluding hydrogens is 316 g/mol. The molecule has 0 aliphatic carbocycles. The minimum absolute atomic E-state index is 0.0106. The lowest BCUT2D eigenvalue weighted by Crippen LogP contribution is -2.38. The van der Waals surface area contributed by atoms with Crippen LogP contribution in [0, 0.1) is 0 Å². The number of nitrogens with one attached hydrogen (secondary N) is 1. The predicted molar refractivity (Wildman–Crippen MR) is 98.2 cm³/mol. The van der Waals surface area contributed by atoms with Crippen molar-refractivity contribution in [1.82, 2.24) is 10.2 Å². The fourth-order valence-electron chi connectivity index (χ4n) is 2.75. The van der Waals surface area contributed by atoms with Crippen LogP contribution < -0.4 is 5.32 Å². The fourth-order valence-corrected chi connectivity index (χ4v) is 2.75. The van der Waals surface area contributed by atoms with Gasteiger partial charge in [0.05, 0.1) is 12.7 Å². The van der Waals surface area contributed by atoms with Crippen LogP contribution in [0.3, 0.4) is 0 Å². The number of ether oxygens (including phenoxy) is 1. The molecule has 1 fully saturated rings. The lowest BCUT2D eigenvalue weighted by molar-refractivity contribution is -0.132.